The average molecular weight is 388 g/mol. The predicted octanol–water partition coefficient (Wildman–Crippen LogP) is 3.34. The Kier molecular flexibility index (Phi) is 4.22. The summed E-state index contributed by atoms with van der Waals surface area (Å²) in [7, 11) is -3.28. The summed E-state index contributed by atoms with van der Waals surface area (Å²) in [5.41, 5.74) is 2.21. The molecule has 4 rings (SSSR count). The third-order valence-electron chi connectivity index (χ3n) is 5.44. The number of amides is 1. The molecule has 0 radical (unpaired) electrons. The van der Waals surface area contributed by atoms with Gasteiger partial charge < -0.3 is 5.32 Å². The van der Waals surface area contributed by atoms with Crippen molar-refractivity contribution < 1.29 is 17.6 Å². The molecule has 2 aromatic carbocycles. The zero-order valence-corrected chi connectivity index (χ0v) is 15.9. The van der Waals surface area contributed by atoms with Crippen LogP contribution >= 0.6 is 0 Å². The number of halogens is 1. The van der Waals surface area contributed by atoms with Gasteiger partial charge in [0.15, 0.2) is 0 Å². The van der Waals surface area contributed by atoms with Crippen molar-refractivity contribution in [1.82, 2.24) is 0 Å². The quantitative estimate of drug-likeness (QED) is 0.874. The lowest BCUT2D eigenvalue weighted by molar-refractivity contribution is -0.118. The second kappa shape index (κ2) is 6.34. The first-order chi connectivity index (χ1) is 12.8. The van der Waals surface area contributed by atoms with Gasteiger partial charge in [-0.15, -0.1) is 0 Å². The summed E-state index contributed by atoms with van der Waals surface area (Å²) in [6.45, 7) is 2.33. The number of hydrogen-bond donors (Lipinski definition) is 1. The number of carbonyl (C=O) groups excluding carboxylic acids is 1. The van der Waals surface area contributed by atoms with Crippen LogP contribution in [0.3, 0.4) is 0 Å². The number of sulfonamides is 1. The molecule has 2 fully saturated rings. The fourth-order valence-electron chi connectivity index (χ4n) is 3.61. The van der Waals surface area contributed by atoms with Crippen LogP contribution in [0.5, 0.6) is 0 Å². The van der Waals surface area contributed by atoms with Crippen LogP contribution in [0.1, 0.15) is 30.4 Å². The first-order valence-corrected chi connectivity index (χ1v) is 10.6. The molecule has 0 atom stereocenters. The Morgan fingerprint density at radius 2 is 1.85 bits per heavy atom. The van der Waals surface area contributed by atoms with E-state index in [2.05, 4.69) is 5.32 Å². The number of rotatable bonds is 4. The van der Waals surface area contributed by atoms with Gasteiger partial charge in [0, 0.05) is 12.2 Å². The Morgan fingerprint density at radius 3 is 2.44 bits per heavy atom. The molecule has 0 unspecified atom stereocenters. The van der Waals surface area contributed by atoms with Gasteiger partial charge in [0.1, 0.15) is 5.82 Å². The molecular weight excluding hydrogens is 367 g/mol. The molecule has 2 aliphatic rings. The molecule has 1 aliphatic carbocycles. The average Bonchev–Trinajstić information content (AvgIpc) is 3.36. The fraction of sp³-hybridized carbons (Fsp3) is 0.350. The highest BCUT2D eigenvalue weighted by Gasteiger charge is 2.51. The normalized spacial score (nSPS) is 19.7. The van der Waals surface area contributed by atoms with Crippen LogP contribution in [-0.4, -0.2) is 26.6 Å². The maximum atomic E-state index is 13.2. The zero-order chi connectivity index (χ0) is 19.2. The maximum absolute atomic E-state index is 13.2. The maximum Gasteiger partial charge on any atom is 0.235 e. The molecule has 7 heteroatoms. The number of hydrogen-bond acceptors (Lipinski definition) is 3. The minimum atomic E-state index is -3.28. The summed E-state index contributed by atoms with van der Waals surface area (Å²) in [5, 5.41) is 2.96. The topological polar surface area (TPSA) is 66.5 Å². The van der Waals surface area contributed by atoms with E-state index in [9.17, 15) is 17.6 Å². The van der Waals surface area contributed by atoms with Crippen LogP contribution in [0.15, 0.2) is 42.5 Å². The highest BCUT2D eigenvalue weighted by atomic mass is 32.2. The van der Waals surface area contributed by atoms with Gasteiger partial charge in [-0.3, -0.25) is 9.10 Å². The third-order valence-corrected chi connectivity index (χ3v) is 7.31. The highest BCUT2D eigenvalue weighted by molar-refractivity contribution is 7.93. The summed E-state index contributed by atoms with van der Waals surface area (Å²) >= 11 is 0. The third kappa shape index (κ3) is 3.20. The van der Waals surface area contributed by atoms with E-state index < -0.39 is 15.4 Å². The lowest BCUT2D eigenvalue weighted by Gasteiger charge is -2.21. The van der Waals surface area contributed by atoms with E-state index in [1.54, 1.807) is 24.3 Å². The van der Waals surface area contributed by atoms with Gasteiger partial charge >= 0.3 is 0 Å². The summed E-state index contributed by atoms with van der Waals surface area (Å²) in [6.07, 6.45) is 2.03. The Hall–Kier alpha value is -2.41. The molecule has 1 saturated carbocycles. The van der Waals surface area contributed by atoms with Gasteiger partial charge in [0.2, 0.25) is 15.9 Å². The number of anilines is 2. The minimum absolute atomic E-state index is 0.140. The van der Waals surface area contributed by atoms with Crippen molar-refractivity contribution in [3.63, 3.8) is 0 Å². The molecule has 1 amide bonds. The van der Waals surface area contributed by atoms with Crippen molar-refractivity contribution in [2.75, 3.05) is 21.9 Å². The number of benzene rings is 2. The van der Waals surface area contributed by atoms with Gasteiger partial charge in [-0.1, -0.05) is 18.2 Å². The Bertz CT molecular complexity index is 998. The molecule has 0 bridgehead atoms. The van der Waals surface area contributed by atoms with Gasteiger partial charge in [0.05, 0.1) is 16.9 Å². The molecule has 1 saturated heterocycles. The second-order valence-corrected chi connectivity index (χ2v) is 9.30. The summed E-state index contributed by atoms with van der Waals surface area (Å²) < 4.78 is 38.9. The van der Waals surface area contributed by atoms with Gasteiger partial charge in [-0.05, 0) is 61.6 Å². The van der Waals surface area contributed by atoms with E-state index in [0.717, 1.165) is 11.1 Å². The van der Waals surface area contributed by atoms with Crippen LogP contribution < -0.4 is 9.62 Å². The molecule has 0 aromatic heterocycles. The molecule has 1 N–H and O–H groups in total. The lowest BCUT2D eigenvalue weighted by Crippen LogP contribution is -2.29. The molecule has 5 nitrogen and oxygen atoms in total. The molecular formula is C20H21FN2O3S. The molecule has 2 aromatic rings. The summed E-state index contributed by atoms with van der Waals surface area (Å²) in [6, 6.07) is 11.3. The van der Waals surface area contributed by atoms with Crippen LogP contribution in [0.2, 0.25) is 0 Å². The Labute approximate surface area is 158 Å². The van der Waals surface area contributed by atoms with Crippen LogP contribution in [0.25, 0.3) is 0 Å². The van der Waals surface area contributed by atoms with Crippen molar-refractivity contribution in [1.29, 1.82) is 0 Å². The van der Waals surface area contributed by atoms with Crippen molar-refractivity contribution in [3.8, 4) is 0 Å². The van der Waals surface area contributed by atoms with Crippen LogP contribution in [0.4, 0.5) is 15.8 Å². The largest absolute Gasteiger partial charge is 0.325 e. The van der Waals surface area contributed by atoms with Gasteiger partial charge in [0.25, 0.3) is 0 Å². The molecule has 142 valence electrons. The number of carbonyl (C=O) groups is 1. The standard InChI is InChI=1S/C20H21FN2O3S/c1-14-3-8-17(23-11-2-12-27(23,25)26)13-18(14)22-19(24)20(9-10-20)15-4-6-16(21)7-5-15/h3-8,13H,2,9-12H2,1H3,(H,22,24). The van der Waals surface area contributed by atoms with E-state index in [0.29, 0.717) is 37.2 Å². The summed E-state index contributed by atoms with van der Waals surface area (Å²) in [5.74, 6) is -0.319. The van der Waals surface area contributed by atoms with Crippen LogP contribution in [0, 0.1) is 12.7 Å². The fourth-order valence-corrected chi connectivity index (χ4v) is 5.17. The number of nitrogens with one attached hydrogen (secondary N) is 1. The van der Waals surface area contributed by atoms with Crippen molar-refractivity contribution in [2.45, 2.75) is 31.6 Å². The van der Waals surface area contributed by atoms with Crippen molar-refractivity contribution >= 4 is 27.3 Å². The van der Waals surface area contributed by atoms with Crippen molar-refractivity contribution in [3.05, 3.63) is 59.4 Å². The lowest BCUT2D eigenvalue weighted by atomic mass is 9.94. The van der Waals surface area contributed by atoms with E-state index in [-0.39, 0.29) is 17.5 Å². The number of nitrogens with zero attached hydrogens (tertiary/aromatic N) is 1. The van der Waals surface area contributed by atoms with Crippen LogP contribution in [-0.2, 0) is 20.2 Å². The van der Waals surface area contributed by atoms with E-state index in [4.69, 9.17) is 0 Å². The highest BCUT2D eigenvalue weighted by Crippen LogP contribution is 2.49. The summed E-state index contributed by atoms with van der Waals surface area (Å²) in [4.78, 5) is 13.0. The zero-order valence-electron chi connectivity index (χ0n) is 15.0. The van der Waals surface area contributed by atoms with E-state index >= 15 is 0 Å². The first kappa shape index (κ1) is 18.0. The monoisotopic (exact) mass is 388 g/mol. The van der Waals surface area contributed by atoms with Gasteiger partial charge in [-0.2, -0.15) is 0 Å². The number of aryl methyl sites for hydroxylation is 1. The predicted molar refractivity (Wildman–Crippen MR) is 103 cm³/mol. The second-order valence-electron chi connectivity index (χ2n) is 7.28. The molecule has 0 spiro atoms. The van der Waals surface area contributed by atoms with E-state index in [1.807, 2.05) is 13.0 Å². The Balaban J connectivity index is 1.60. The smallest absolute Gasteiger partial charge is 0.235 e. The first-order valence-electron chi connectivity index (χ1n) is 9.00. The Morgan fingerprint density at radius 1 is 1.15 bits per heavy atom. The molecule has 1 heterocycles. The van der Waals surface area contributed by atoms with Gasteiger partial charge in [-0.25, -0.2) is 12.8 Å². The molecule has 1 aliphatic heterocycles. The van der Waals surface area contributed by atoms with E-state index in [1.165, 1.54) is 16.4 Å². The van der Waals surface area contributed by atoms with Crippen molar-refractivity contribution in [2.24, 2.45) is 0 Å². The SMILES string of the molecule is Cc1ccc(N2CCCS2(=O)=O)cc1NC(=O)C1(c2ccc(F)cc2)CC1. The molecule has 27 heavy (non-hydrogen) atoms. The minimum Gasteiger partial charge on any atom is -0.325 e.